The van der Waals surface area contributed by atoms with Gasteiger partial charge in [-0.05, 0) is 43.2 Å². The molecule has 1 heterocycles. The number of benzene rings is 1. The van der Waals surface area contributed by atoms with Crippen LogP contribution < -0.4 is 10.5 Å². The third kappa shape index (κ3) is 6.65. The average Bonchev–Trinajstić information content (AvgIpc) is 2.70. The van der Waals surface area contributed by atoms with Crippen LogP contribution in [-0.4, -0.2) is 53.0 Å². The molecule has 29 heavy (non-hydrogen) atoms. The monoisotopic (exact) mass is 404 g/mol. The fraction of sp³-hybridized carbons (Fsp3) is 0.350. The number of phenolic OH excluding ortho intramolecular Hbond substituents is 2. The molecule has 0 fully saturated rings. The summed E-state index contributed by atoms with van der Waals surface area (Å²) in [5.41, 5.74) is 6.61. The molecule has 2 rings (SSSR count). The van der Waals surface area contributed by atoms with Crippen molar-refractivity contribution in [2.24, 2.45) is 5.73 Å². The maximum atomic E-state index is 12.1. The minimum atomic E-state index is -0.925. The molecule has 0 amide bonds. The van der Waals surface area contributed by atoms with Crippen molar-refractivity contribution < 1.29 is 34.0 Å². The van der Waals surface area contributed by atoms with Crippen LogP contribution in [0.2, 0.25) is 0 Å². The lowest BCUT2D eigenvalue weighted by atomic mass is 10.1. The van der Waals surface area contributed by atoms with E-state index in [1.165, 1.54) is 18.3 Å². The van der Waals surface area contributed by atoms with Gasteiger partial charge < -0.3 is 30.2 Å². The number of aromatic hydroxyl groups is 2. The smallest absolute Gasteiger partial charge is 0.343 e. The van der Waals surface area contributed by atoms with E-state index < -0.39 is 18.0 Å². The highest BCUT2D eigenvalue weighted by Crippen LogP contribution is 2.25. The molecule has 0 aliphatic carbocycles. The molecular formula is C20H24N2O7. The van der Waals surface area contributed by atoms with E-state index in [1.807, 2.05) is 0 Å². The normalized spacial score (nSPS) is 11.5. The van der Waals surface area contributed by atoms with Crippen molar-refractivity contribution in [3.63, 3.8) is 0 Å². The predicted molar refractivity (Wildman–Crippen MR) is 103 cm³/mol. The Labute approximate surface area is 168 Å². The Hall–Kier alpha value is -3.33. The zero-order valence-corrected chi connectivity index (χ0v) is 16.0. The summed E-state index contributed by atoms with van der Waals surface area (Å²) in [5, 5.41) is 18.8. The number of pyridine rings is 1. The lowest BCUT2D eigenvalue weighted by Gasteiger charge is -2.12. The quantitative estimate of drug-likeness (QED) is 0.305. The second-order valence-corrected chi connectivity index (χ2v) is 6.08. The molecule has 9 nitrogen and oxygen atoms in total. The van der Waals surface area contributed by atoms with Crippen LogP contribution in [0.15, 0.2) is 36.5 Å². The third-order valence-corrected chi connectivity index (χ3v) is 3.84. The molecule has 2 aromatic rings. The Bertz CT molecular complexity index is 841. The van der Waals surface area contributed by atoms with Gasteiger partial charge in [-0.3, -0.25) is 4.79 Å². The molecule has 1 atom stereocenters. The SMILES string of the molecule is CCOc1ncccc1C(=O)OCCCOC(=O)[C@@H](N)Cc1ccc(O)c(O)c1. The molecule has 4 N–H and O–H groups in total. The molecule has 9 heteroatoms. The average molecular weight is 404 g/mol. The highest BCUT2D eigenvalue weighted by molar-refractivity contribution is 5.91. The fourth-order valence-corrected chi connectivity index (χ4v) is 2.41. The van der Waals surface area contributed by atoms with E-state index in [9.17, 15) is 19.8 Å². The third-order valence-electron chi connectivity index (χ3n) is 3.84. The molecule has 0 aliphatic rings. The van der Waals surface area contributed by atoms with Gasteiger partial charge >= 0.3 is 11.9 Å². The number of nitrogens with zero attached hydrogens (tertiary/aromatic N) is 1. The molecule has 0 bridgehead atoms. The fourth-order valence-electron chi connectivity index (χ4n) is 2.41. The van der Waals surface area contributed by atoms with Crippen LogP contribution in [0.25, 0.3) is 0 Å². The number of esters is 2. The van der Waals surface area contributed by atoms with E-state index in [0.717, 1.165) is 0 Å². The second kappa shape index (κ2) is 10.9. The first-order chi connectivity index (χ1) is 13.9. The first-order valence-electron chi connectivity index (χ1n) is 9.10. The van der Waals surface area contributed by atoms with Gasteiger partial charge in [0, 0.05) is 12.6 Å². The van der Waals surface area contributed by atoms with Crippen molar-refractivity contribution in [3.8, 4) is 17.4 Å². The molecule has 1 aromatic heterocycles. The van der Waals surface area contributed by atoms with Gasteiger partial charge in [0.05, 0.1) is 19.8 Å². The van der Waals surface area contributed by atoms with Crippen LogP contribution in [0.1, 0.15) is 29.3 Å². The first kappa shape index (κ1) is 22.0. The summed E-state index contributed by atoms with van der Waals surface area (Å²) in [7, 11) is 0. The Morgan fingerprint density at radius 3 is 2.62 bits per heavy atom. The molecule has 0 saturated heterocycles. The van der Waals surface area contributed by atoms with Gasteiger partial charge in [-0.2, -0.15) is 0 Å². The Kier molecular flexibility index (Phi) is 8.23. The Morgan fingerprint density at radius 2 is 1.90 bits per heavy atom. The van der Waals surface area contributed by atoms with Gasteiger partial charge in [-0.25, -0.2) is 9.78 Å². The highest BCUT2D eigenvalue weighted by atomic mass is 16.5. The van der Waals surface area contributed by atoms with Gasteiger partial charge in [-0.15, -0.1) is 0 Å². The molecule has 0 unspecified atom stereocenters. The van der Waals surface area contributed by atoms with Crippen molar-refractivity contribution >= 4 is 11.9 Å². The van der Waals surface area contributed by atoms with Crippen LogP contribution >= 0.6 is 0 Å². The highest BCUT2D eigenvalue weighted by Gasteiger charge is 2.17. The van der Waals surface area contributed by atoms with E-state index >= 15 is 0 Å². The van der Waals surface area contributed by atoms with E-state index in [1.54, 1.807) is 25.1 Å². The van der Waals surface area contributed by atoms with Gasteiger partial charge in [0.25, 0.3) is 0 Å². The van der Waals surface area contributed by atoms with Crippen molar-refractivity contribution in [2.45, 2.75) is 25.8 Å². The summed E-state index contributed by atoms with van der Waals surface area (Å²) in [4.78, 5) is 28.0. The van der Waals surface area contributed by atoms with E-state index in [4.69, 9.17) is 19.9 Å². The van der Waals surface area contributed by atoms with Gasteiger partial charge in [0.2, 0.25) is 5.88 Å². The van der Waals surface area contributed by atoms with Gasteiger partial charge in [0.15, 0.2) is 11.5 Å². The van der Waals surface area contributed by atoms with Crippen LogP contribution in [-0.2, 0) is 20.7 Å². The number of aromatic nitrogens is 1. The minimum absolute atomic E-state index is 0.0337. The zero-order valence-electron chi connectivity index (χ0n) is 16.0. The van der Waals surface area contributed by atoms with Crippen LogP contribution in [0.4, 0.5) is 0 Å². The number of carbonyl (C=O) groups is 2. The second-order valence-electron chi connectivity index (χ2n) is 6.08. The number of nitrogens with two attached hydrogens (primary N) is 1. The van der Waals surface area contributed by atoms with E-state index in [2.05, 4.69) is 4.98 Å². The standard InChI is InChI=1S/C20H24N2O7/c1-2-27-18-14(5-3-8-22-18)19(25)28-9-4-10-29-20(26)15(21)11-13-6-7-16(23)17(24)12-13/h3,5-8,12,15,23-24H,2,4,9-11,21H2,1H3/t15-/m0/s1. The number of hydrogen-bond donors (Lipinski definition) is 3. The van der Waals surface area contributed by atoms with Crippen molar-refractivity contribution in [1.82, 2.24) is 4.98 Å². The first-order valence-corrected chi connectivity index (χ1v) is 9.10. The zero-order chi connectivity index (χ0) is 21.2. The minimum Gasteiger partial charge on any atom is -0.504 e. The van der Waals surface area contributed by atoms with Crippen molar-refractivity contribution in [1.29, 1.82) is 0 Å². The molecular weight excluding hydrogens is 380 g/mol. The molecule has 0 aliphatic heterocycles. The maximum Gasteiger partial charge on any atom is 0.343 e. The van der Waals surface area contributed by atoms with Gasteiger partial charge in [-0.1, -0.05) is 6.07 Å². The van der Waals surface area contributed by atoms with E-state index in [-0.39, 0.29) is 42.6 Å². The molecule has 0 saturated carbocycles. The summed E-state index contributed by atoms with van der Waals surface area (Å²) >= 11 is 0. The van der Waals surface area contributed by atoms with Crippen molar-refractivity contribution in [2.75, 3.05) is 19.8 Å². The Morgan fingerprint density at radius 1 is 1.14 bits per heavy atom. The predicted octanol–water partition coefficient (Wildman–Crippen LogP) is 1.55. The number of ether oxygens (including phenoxy) is 3. The summed E-state index contributed by atoms with van der Waals surface area (Å²) in [6.07, 6.45) is 1.96. The summed E-state index contributed by atoms with van der Waals surface area (Å²) in [6, 6.07) is 6.44. The number of rotatable bonds is 10. The maximum absolute atomic E-state index is 12.1. The largest absolute Gasteiger partial charge is 0.504 e. The van der Waals surface area contributed by atoms with Gasteiger partial charge in [0.1, 0.15) is 11.6 Å². The number of hydrogen-bond acceptors (Lipinski definition) is 9. The lowest BCUT2D eigenvalue weighted by molar-refractivity contribution is -0.145. The molecule has 1 aromatic carbocycles. The molecule has 156 valence electrons. The van der Waals surface area contributed by atoms with Crippen LogP contribution in [0.3, 0.4) is 0 Å². The van der Waals surface area contributed by atoms with Crippen molar-refractivity contribution in [3.05, 3.63) is 47.7 Å². The molecule has 0 radical (unpaired) electrons. The van der Waals surface area contributed by atoms with Crippen LogP contribution in [0.5, 0.6) is 17.4 Å². The summed E-state index contributed by atoms with van der Waals surface area (Å²) in [6.45, 7) is 2.24. The van der Waals surface area contributed by atoms with E-state index in [0.29, 0.717) is 18.6 Å². The summed E-state index contributed by atoms with van der Waals surface area (Å²) < 4.78 is 15.5. The number of carbonyl (C=O) groups excluding carboxylic acids is 2. The van der Waals surface area contributed by atoms with Crippen LogP contribution in [0, 0.1) is 0 Å². The lowest BCUT2D eigenvalue weighted by Crippen LogP contribution is -2.34. The summed E-state index contributed by atoms with van der Waals surface area (Å²) in [5.74, 6) is -1.52. The Balaban J connectivity index is 1.71. The number of phenols is 2. The topological polar surface area (TPSA) is 141 Å². The molecule has 0 spiro atoms.